The van der Waals surface area contributed by atoms with Crippen molar-refractivity contribution in [3.8, 4) is 0 Å². The Bertz CT molecular complexity index is 1120. The number of carboxylic acids is 1. The highest BCUT2D eigenvalue weighted by Gasteiger charge is 2.45. The number of carboxylic acid groups (broad SMARTS) is 1. The number of halogens is 3. The first-order chi connectivity index (χ1) is 16.2. The van der Waals surface area contributed by atoms with E-state index in [0.717, 1.165) is 5.17 Å². The molecule has 2 aliphatic rings. The summed E-state index contributed by atoms with van der Waals surface area (Å²) in [6.07, 6.45) is 0.570. The molecule has 3 atom stereocenters. The molecule has 2 aromatic rings. The third-order valence-electron chi connectivity index (χ3n) is 6.51. The van der Waals surface area contributed by atoms with Gasteiger partial charge in [0.1, 0.15) is 17.5 Å². The number of aromatic nitrogens is 1. The van der Waals surface area contributed by atoms with Crippen LogP contribution in [0.2, 0.25) is 5.02 Å². The summed E-state index contributed by atoms with van der Waals surface area (Å²) in [6.45, 7) is 5.45. The second kappa shape index (κ2) is 10.2. The number of nitrogens with one attached hydrogen (secondary N) is 1. The van der Waals surface area contributed by atoms with Crippen molar-refractivity contribution in [1.82, 2.24) is 9.88 Å². The fourth-order valence-electron chi connectivity index (χ4n) is 4.58. The summed E-state index contributed by atoms with van der Waals surface area (Å²) in [6, 6.07) is 7.56. The number of hydrogen-bond acceptors (Lipinski definition) is 6. The molecule has 34 heavy (non-hydrogen) atoms. The maximum absolute atomic E-state index is 14.7. The number of rotatable bonds is 6. The van der Waals surface area contributed by atoms with Crippen LogP contribution in [0.15, 0.2) is 35.3 Å². The number of nitrogens with zero attached hydrogens (tertiary/aromatic N) is 3. The molecular weight excluding hydrogens is 482 g/mol. The number of carbonyl (C=O) groups is 1. The molecule has 1 saturated heterocycles. The average molecular weight is 509 g/mol. The second-order valence-corrected chi connectivity index (χ2v) is 10.9. The Labute approximate surface area is 206 Å². The van der Waals surface area contributed by atoms with Gasteiger partial charge in [0.25, 0.3) is 0 Å². The summed E-state index contributed by atoms with van der Waals surface area (Å²) in [5, 5.41) is 14.4. The molecule has 0 saturated carbocycles. The van der Waals surface area contributed by atoms with Gasteiger partial charge in [-0.25, -0.2) is 13.8 Å². The van der Waals surface area contributed by atoms with Gasteiger partial charge in [0.05, 0.1) is 22.7 Å². The van der Waals surface area contributed by atoms with Gasteiger partial charge in [-0.15, -0.1) is 0 Å². The van der Waals surface area contributed by atoms with Crippen molar-refractivity contribution in [2.45, 2.75) is 50.9 Å². The van der Waals surface area contributed by atoms with Crippen molar-refractivity contribution in [1.29, 1.82) is 0 Å². The fraction of sp³-hybridized carbons (Fsp3) is 0.458. The molecule has 10 heteroatoms. The highest BCUT2D eigenvalue weighted by Crippen LogP contribution is 2.39. The van der Waals surface area contributed by atoms with Gasteiger partial charge < -0.3 is 10.4 Å². The summed E-state index contributed by atoms with van der Waals surface area (Å²) < 4.78 is 29.1. The average Bonchev–Trinajstić information content (AvgIpc) is 3.20. The van der Waals surface area contributed by atoms with E-state index in [9.17, 15) is 18.7 Å². The zero-order valence-electron chi connectivity index (χ0n) is 19.0. The number of amidine groups is 1. The lowest BCUT2D eigenvalue weighted by Gasteiger charge is -2.43. The van der Waals surface area contributed by atoms with Crippen molar-refractivity contribution < 1.29 is 18.7 Å². The summed E-state index contributed by atoms with van der Waals surface area (Å²) >= 11 is 7.49. The van der Waals surface area contributed by atoms with E-state index < -0.39 is 23.0 Å². The van der Waals surface area contributed by atoms with Crippen LogP contribution in [-0.2, 0) is 17.8 Å². The maximum atomic E-state index is 14.7. The minimum Gasteiger partial charge on any atom is -0.481 e. The standard InChI is InChI=1S/C24H27ClF2N4O2S/c1-14-10-24(22(32)33,8-9-31(14)13-16-4-3-5-17(25)21(16)27)11-19-18(26)6-7-20(29-19)30-23-28-12-15(2)34-23/h3-7,14-15H,8-13H2,1-2H3,(H,32,33)(H,28,29,30). The zero-order chi connectivity index (χ0) is 24.5. The van der Waals surface area contributed by atoms with E-state index in [4.69, 9.17) is 11.6 Å². The van der Waals surface area contributed by atoms with Crippen LogP contribution >= 0.6 is 23.4 Å². The van der Waals surface area contributed by atoms with Gasteiger partial charge in [-0.1, -0.05) is 42.4 Å². The van der Waals surface area contributed by atoms with Crippen molar-refractivity contribution in [3.05, 3.63) is 58.2 Å². The maximum Gasteiger partial charge on any atom is 0.310 e. The Hall–Kier alpha value is -2.23. The molecule has 3 heterocycles. The van der Waals surface area contributed by atoms with E-state index in [1.54, 1.807) is 23.9 Å². The van der Waals surface area contributed by atoms with Crippen LogP contribution in [0, 0.1) is 17.0 Å². The normalized spacial score (nSPS) is 25.3. The predicted molar refractivity (Wildman–Crippen MR) is 131 cm³/mol. The summed E-state index contributed by atoms with van der Waals surface area (Å²) in [4.78, 5) is 23.2. The Morgan fingerprint density at radius 3 is 2.79 bits per heavy atom. The van der Waals surface area contributed by atoms with E-state index in [0.29, 0.717) is 49.1 Å². The highest BCUT2D eigenvalue weighted by molar-refractivity contribution is 8.15. The van der Waals surface area contributed by atoms with E-state index in [-0.39, 0.29) is 23.2 Å². The Balaban J connectivity index is 1.50. The number of thioether (sulfide) groups is 1. The third kappa shape index (κ3) is 5.37. The van der Waals surface area contributed by atoms with E-state index in [1.165, 1.54) is 18.2 Å². The van der Waals surface area contributed by atoms with Crippen LogP contribution in [0.25, 0.3) is 0 Å². The van der Waals surface area contributed by atoms with Crippen LogP contribution in [0.3, 0.4) is 0 Å². The monoisotopic (exact) mass is 508 g/mol. The molecule has 0 spiro atoms. The van der Waals surface area contributed by atoms with Gasteiger partial charge in [0.15, 0.2) is 5.17 Å². The second-order valence-electron chi connectivity index (χ2n) is 9.07. The number of hydrogen-bond donors (Lipinski definition) is 2. The van der Waals surface area contributed by atoms with Crippen molar-refractivity contribution in [3.63, 3.8) is 0 Å². The quantitative estimate of drug-likeness (QED) is 0.557. The van der Waals surface area contributed by atoms with E-state index >= 15 is 0 Å². The molecular formula is C24H27ClF2N4O2S. The van der Waals surface area contributed by atoms with Crippen molar-refractivity contribution >= 4 is 40.3 Å². The van der Waals surface area contributed by atoms with Gasteiger partial charge in [0, 0.05) is 29.8 Å². The van der Waals surface area contributed by atoms with Crippen LogP contribution < -0.4 is 5.32 Å². The fourth-order valence-corrected chi connectivity index (χ4v) is 5.62. The van der Waals surface area contributed by atoms with Crippen LogP contribution in [0.5, 0.6) is 0 Å². The number of aliphatic carboxylic acids is 1. The lowest BCUT2D eigenvalue weighted by atomic mass is 9.72. The molecule has 0 radical (unpaired) electrons. The van der Waals surface area contributed by atoms with E-state index in [1.807, 2.05) is 11.8 Å². The van der Waals surface area contributed by atoms with Crippen molar-refractivity contribution in [2.24, 2.45) is 10.4 Å². The van der Waals surface area contributed by atoms with Gasteiger partial charge >= 0.3 is 5.97 Å². The van der Waals surface area contributed by atoms with Gasteiger partial charge in [-0.05, 0) is 44.5 Å². The van der Waals surface area contributed by atoms with Gasteiger partial charge in [0.2, 0.25) is 0 Å². The zero-order valence-corrected chi connectivity index (χ0v) is 20.6. The first-order valence-corrected chi connectivity index (χ1v) is 12.5. The number of aliphatic imine (C=N–C) groups is 1. The molecule has 0 aliphatic carbocycles. The molecule has 4 rings (SSSR count). The summed E-state index contributed by atoms with van der Waals surface area (Å²) in [5.74, 6) is -1.52. The molecule has 1 aromatic heterocycles. The molecule has 2 aliphatic heterocycles. The lowest BCUT2D eigenvalue weighted by Crippen LogP contribution is -2.50. The molecule has 0 amide bonds. The molecule has 1 aromatic carbocycles. The first-order valence-electron chi connectivity index (χ1n) is 11.2. The number of benzene rings is 1. The largest absolute Gasteiger partial charge is 0.481 e. The highest BCUT2D eigenvalue weighted by atomic mass is 35.5. The molecule has 3 unspecified atom stereocenters. The SMILES string of the molecule is CC1CN=C(Nc2ccc(F)c(CC3(C(=O)O)CCN(Cc4cccc(Cl)c4F)C(C)C3)n2)S1. The molecule has 0 bridgehead atoms. The van der Waals surface area contributed by atoms with Gasteiger partial charge in [-0.2, -0.15) is 0 Å². The Morgan fingerprint density at radius 2 is 2.12 bits per heavy atom. The lowest BCUT2D eigenvalue weighted by molar-refractivity contribution is -0.153. The molecule has 2 N–H and O–H groups in total. The smallest absolute Gasteiger partial charge is 0.310 e. The summed E-state index contributed by atoms with van der Waals surface area (Å²) in [7, 11) is 0. The molecule has 6 nitrogen and oxygen atoms in total. The number of piperidine rings is 1. The topological polar surface area (TPSA) is 77.8 Å². The molecule has 182 valence electrons. The predicted octanol–water partition coefficient (Wildman–Crippen LogP) is 5.21. The van der Waals surface area contributed by atoms with Gasteiger partial charge in [-0.3, -0.25) is 14.7 Å². The van der Waals surface area contributed by atoms with Crippen LogP contribution in [0.4, 0.5) is 14.6 Å². The number of anilines is 1. The molecule has 1 fully saturated rings. The summed E-state index contributed by atoms with van der Waals surface area (Å²) in [5.41, 5.74) is -0.579. The Morgan fingerprint density at radius 1 is 1.32 bits per heavy atom. The Kier molecular flexibility index (Phi) is 7.45. The third-order valence-corrected chi connectivity index (χ3v) is 7.81. The minimum atomic E-state index is -1.16. The number of pyridine rings is 1. The van der Waals surface area contributed by atoms with Crippen molar-refractivity contribution in [2.75, 3.05) is 18.4 Å². The van der Waals surface area contributed by atoms with E-state index in [2.05, 4.69) is 22.2 Å². The van der Waals surface area contributed by atoms with Crippen LogP contribution in [-0.4, -0.2) is 50.5 Å². The first kappa shape index (κ1) is 24.9. The minimum absolute atomic E-state index is 0.0244. The number of likely N-dealkylation sites (tertiary alicyclic amines) is 1. The van der Waals surface area contributed by atoms with Crippen LogP contribution in [0.1, 0.15) is 37.9 Å².